The summed E-state index contributed by atoms with van der Waals surface area (Å²) in [6.07, 6.45) is 3.31. The van der Waals surface area contributed by atoms with Crippen LogP contribution >= 0.6 is 0 Å². The highest BCUT2D eigenvalue weighted by molar-refractivity contribution is 5.57. The number of hydrogen-bond acceptors (Lipinski definition) is 2. The minimum Gasteiger partial charge on any atom is -0.450 e. The van der Waals surface area contributed by atoms with Crippen molar-refractivity contribution in [2.75, 3.05) is 0 Å². The van der Waals surface area contributed by atoms with E-state index in [0.29, 0.717) is 5.56 Å². The second-order valence-corrected chi connectivity index (χ2v) is 3.79. The van der Waals surface area contributed by atoms with E-state index in [9.17, 15) is 17.6 Å². The minimum atomic E-state index is -1.76. The normalized spacial score (nSPS) is 11.1. The van der Waals surface area contributed by atoms with E-state index < -0.39 is 29.3 Å². The number of benzene rings is 1. The number of halogens is 4. The second-order valence-electron chi connectivity index (χ2n) is 3.79. The van der Waals surface area contributed by atoms with Gasteiger partial charge in [-0.15, -0.1) is 0 Å². The molecular weight excluding hydrogens is 274 g/mol. The van der Waals surface area contributed by atoms with Gasteiger partial charge >= 0.3 is 0 Å². The monoisotopic (exact) mass is 283 g/mol. The maximum atomic E-state index is 13.5. The highest BCUT2D eigenvalue weighted by Crippen LogP contribution is 2.31. The molecule has 6 heteroatoms. The van der Waals surface area contributed by atoms with Gasteiger partial charge in [-0.3, -0.25) is 0 Å². The van der Waals surface area contributed by atoms with Crippen molar-refractivity contribution in [3.8, 4) is 11.5 Å². The summed E-state index contributed by atoms with van der Waals surface area (Å²) >= 11 is 0. The number of aromatic nitrogens is 1. The zero-order valence-electron chi connectivity index (χ0n) is 10.3. The Hall–Kier alpha value is -2.37. The summed E-state index contributed by atoms with van der Waals surface area (Å²) in [4.78, 5) is 2.46. The first kappa shape index (κ1) is 14.0. The average Bonchev–Trinajstić information content (AvgIpc) is 2.43. The number of ether oxygens (including phenoxy) is 1. The number of rotatable bonds is 3. The minimum absolute atomic E-state index is 0.0633. The van der Waals surface area contributed by atoms with Gasteiger partial charge in [0, 0.05) is 5.56 Å². The van der Waals surface area contributed by atoms with Crippen molar-refractivity contribution in [2.24, 2.45) is 0 Å². The lowest BCUT2D eigenvalue weighted by molar-refractivity contribution is 0.343. The summed E-state index contributed by atoms with van der Waals surface area (Å²) in [6.45, 7) is 1.74. The Morgan fingerprint density at radius 3 is 2.20 bits per heavy atom. The van der Waals surface area contributed by atoms with E-state index in [-0.39, 0.29) is 5.75 Å². The first-order valence-corrected chi connectivity index (χ1v) is 5.64. The predicted octanol–water partition coefficient (Wildman–Crippen LogP) is 4.46. The van der Waals surface area contributed by atoms with Crippen molar-refractivity contribution in [1.29, 1.82) is 0 Å². The molecule has 0 radical (unpaired) electrons. The van der Waals surface area contributed by atoms with E-state index in [0.717, 1.165) is 0 Å². The summed E-state index contributed by atoms with van der Waals surface area (Å²) in [7, 11) is 0. The molecule has 0 fully saturated rings. The molecule has 0 N–H and O–H groups in total. The quantitative estimate of drug-likeness (QED) is 0.612. The summed E-state index contributed by atoms with van der Waals surface area (Å²) in [5.74, 6) is -7.98. The van der Waals surface area contributed by atoms with Gasteiger partial charge in [0.25, 0.3) is 11.9 Å². The maximum absolute atomic E-state index is 13.5. The Morgan fingerprint density at radius 2 is 1.60 bits per heavy atom. The molecular formula is C14H9F4NO. The topological polar surface area (TPSA) is 22.1 Å². The van der Waals surface area contributed by atoms with Gasteiger partial charge in [-0.1, -0.05) is 30.4 Å². The molecule has 104 valence electrons. The lowest BCUT2D eigenvalue weighted by Gasteiger charge is -2.10. The lowest BCUT2D eigenvalue weighted by Crippen LogP contribution is -2.03. The zero-order valence-corrected chi connectivity index (χ0v) is 10.3. The van der Waals surface area contributed by atoms with Gasteiger partial charge in [0.1, 0.15) is 5.75 Å². The van der Waals surface area contributed by atoms with E-state index in [1.54, 1.807) is 37.3 Å². The van der Waals surface area contributed by atoms with Gasteiger partial charge in [0.2, 0.25) is 17.4 Å². The van der Waals surface area contributed by atoms with Crippen LogP contribution in [0, 0.1) is 23.5 Å². The zero-order chi connectivity index (χ0) is 14.7. The van der Waals surface area contributed by atoms with Crippen LogP contribution < -0.4 is 4.74 Å². The number of hydrogen-bond donors (Lipinski definition) is 0. The molecule has 2 rings (SSSR count). The van der Waals surface area contributed by atoms with Crippen LogP contribution in [-0.4, -0.2) is 4.98 Å². The molecule has 1 heterocycles. The lowest BCUT2D eigenvalue weighted by atomic mass is 10.2. The van der Waals surface area contributed by atoms with Crippen LogP contribution in [0.5, 0.6) is 11.5 Å². The van der Waals surface area contributed by atoms with Gasteiger partial charge < -0.3 is 4.74 Å². The Morgan fingerprint density at radius 1 is 1.00 bits per heavy atom. The third kappa shape index (κ3) is 2.64. The van der Waals surface area contributed by atoms with E-state index in [4.69, 9.17) is 4.74 Å². The number of pyridine rings is 1. The van der Waals surface area contributed by atoms with Crippen LogP contribution in [0.1, 0.15) is 12.5 Å². The smallest absolute Gasteiger partial charge is 0.255 e. The molecule has 0 saturated carbocycles. The molecule has 0 aliphatic rings. The second kappa shape index (κ2) is 5.73. The van der Waals surface area contributed by atoms with Gasteiger partial charge in [-0.05, 0) is 13.0 Å². The Labute approximate surface area is 112 Å². The fraction of sp³-hybridized carbons (Fsp3) is 0.0714. The van der Waals surface area contributed by atoms with Gasteiger partial charge in [0.05, 0.1) is 0 Å². The third-order valence-electron chi connectivity index (χ3n) is 2.43. The largest absolute Gasteiger partial charge is 0.450 e. The summed E-state index contributed by atoms with van der Waals surface area (Å²) in [6, 6.07) is 6.29. The maximum Gasteiger partial charge on any atom is 0.255 e. The van der Waals surface area contributed by atoms with Crippen LogP contribution in [0.4, 0.5) is 17.6 Å². The molecule has 0 aliphatic heterocycles. The Balaban J connectivity index is 2.51. The first-order chi connectivity index (χ1) is 9.54. The highest BCUT2D eigenvalue weighted by atomic mass is 19.2. The molecule has 0 saturated heterocycles. The van der Waals surface area contributed by atoms with Gasteiger partial charge in [-0.25, -0.2) is 0 Å². The summed E-state index contributed by atoms with van der Waals surface area (Å²) in [5.41, 5.74) is 0.506. The molecule has 0 atom stereocenters. The standard InChI is InChI=1S/C14H9F4NO/c1-2-5-8-6-3-4-7-9(8)20-12-10(15)13(17)19-14(18)11(12)16/h2-7H,1H3/b5-2+. The van der Waals surface area contributed by atoms with Crippen LogP contribution in [0.3, 0.4) is 0 Å². The van der Waals surface area contributed by atoms with Crippen LogP contribution in [0.15, 0.2) is 30.3 Å². The summed E-state index contributed by atoms with van der Waals surface area (Å²) in [5, 5.41) is 0. The predicted molar refractivity (Wildman–Crippen MR) is 65.3 cm³/mol. The molecule has 20 heavy (non-hydrogen) atoms. The van der Waals surface area contributed by atoms with Crippen molar-refractivity contribution < 1.29 is 22.3 Å². The first-order valence-electron chi connectivity index (χ1n) is 5.64. The molecule has 1 aromatic carbocycles. The molecule has 0 amide bonds. The molecule has 1 aromatic heterocycles. The molecule has 0 bridgehead atoms. The fourth-order valence-corrected chi connectivity index (χ4v) is 1.56. The van der Waals surface area contributed by atoms with Crippen LogP contribution in [0.2, 0.25) is 0 Å². The van der Waals surface area contributed by atoms with Crippen molar-refractivity contribution >= 4 is 6.08 Å². The summed E-state index contributed by atoms with van der Waals surface area (Å²) < 4.78 is 57.9. The van der Waals surface area contributed by atoms with E-state index in [2.05, 4.69) is 4.98 Å². The molecule has 2 nitrogen and oxygen atoms in total. The molecule has 0 spiro atoms. The highest BCUT2D eigenvalue weighted by Gasteiger charge is 2.23. The van der Waals surface area contributed by atoms with E-state index >= 15 is 0 Å². The number of allylic oxidation sites excluding steroid dienone is 1. The number of nitrogens with zero attached hydrogens (tertiary/aromatic N) is 1. The van der Waals surface area contributed by atoms with Crippen molar-refractivity contribution in [1.82, 2.24) is 4.98 Å². The van der Waals surface area contributed by atoms with Crippen molar-refractivity contribution in [3.05, 3.63) is 59.4 Å². The average molecular weight is 283 g/mol. The van der Waals surface area contributed by atoms with E-state index in [1.807, 2.05) is 0 Å². The molecule has 0 aliphatic carbocycles. The Kier molecular flexibility index (Phi) is 4.02. The van der Waals surface area contributed by atoms with Crippen molar-refractivity contribution in [3.63, 3.8) is 0 Å². The SMILES string of the molecule is C/C=C/c1ccccc1Oc1c(F)c(F)nc(F)c1F. The van der Waals surface area contributed by atoms with E-state index in [1.165, 1.54) is 6.07 Å². The number of para-hydroxylation sites is 1. The van der Waals surface area contributed by atoms with Gasteiger partial charge in [0.15, 0.2) is 0 Å². The fourth-order valence-electron chi connectivity index (χ4n) is 1.56. The van der Waals surface area contributed by atoms with Crippen LogP contribution in [0.25, 0.3) is 6.08 Å². The van der Waals surface area contributed by atoms with Crippen LogP contribution in [-0.2, 0) is 0 Å². The van der Waals surface area contributed by atoms with Crippen molar-refractivity contribution in [2.45, 2.75) is 6.92 Å². The van der Waals surface area contributed by atoms with Gasteiger partial charge in [-0.2, -0.15) is 22.5 Å². The molecule has 0 unspecified atom stereocenters. The Bertz CT molecular complexity index is 644. The molecule has 2 aromatic rings. The third-order valence-corrected chi connectivity index (χ3v) is 2.43.